The molecule has 5 heterocycles. The number of tetrazole rings is 1. The first kappa shape index (κ1) is 32.7. The van der Waals surface area contributed by atoms with Crippen LogP contribution < -0.4 is 16.5 Å². The van der Waals surface area contributed by atoms with Crippen molar-refractivity contribution in [3.05, 3.63) is 50.5 Å². The second kappa shape index (κ2) is 13.8. The largest absolute Gasteiger partial charge is 0.503 e. The van der Waals surface area contributed by atoms with Gasteiger partial charge in [0.2, 0.25) is 10.6 Å². The Labute approximate surface area is 271 Å². The zero-order valence-electron chi connectivity index (χ0n) is 24.1. The molecule has 0 spiro atoms. The number of oxime groups is 1. The number of carboxylic acid groups (broad SMARTS) is 1. The first-order chi connectivity index (χ1) is 21.9. The number of nitrogens with one attached hydrogen (secondary N) is 1. The Morgan fingerprint density at radius 3 is 2.80 bits per heavy atom. The van der Waals surface area contributed by atoms with E-state index in [-0.39, 0.29) is 39.4 Å². The third-order valence-corrected chi connectivity index (χ3v) is 9.66. The highest BCUT2D eigenvalue weighted by molar-refractivity contribution is 8.01. The van der Waals surface area contributed by atoms with Crippen LogP contribution in [0.1, 0.15) is 11.4 Å². The van der Waals surface area contributed by atoms with Gasteiger partial charge in [-0.3, -0.25) is 19.3 Å². The van der Waals surface area contributed by atoms with Crippen LogP contribution >= 0.6 is 34.9 Å². The number of carboxylic acids is 1. The van der Waals surface area contributed by atoms with Crippen molar-refractivity contribution in [3.63, 3.8) is 0 Å². The van der Waals surface area contributed by atoms with Gasteiger partial charge in [0.05, 0.1) is 12.7 Å². The van der Waals surface area contributed by atoms with E-state index >= 15 is 0 Å². The van der Waals surface area contributed by atoms with Crippen molar-refractivity contribution >= 4 is 63.5 Å². The van der Waals surface area contributed by atoms with Gasteiger partial charge in [-0.2, -0.15) is 4.73 Å². The average Bonchev–Trinajstić information content (AvgIpc) is 3.65. The van der Waals surface area contributed by atoms with E-state index in [1.54, 1.807) is 4.68 Å². The first-order valence-electron chi connectivity index (χ1n) is 13.2. The van der Waals surface area contributed by atoms with Crippen LogP contribution in [0.5, 0.6) is 5.75 Å². The predicted molar refractivity (Wildman–Crippen MR) is 164 cm³/mol. The van der Waals surface area contributed by atoms with Crippen molar-refractivity contribution in [3.8, 4) is 5.75 Å². The zero-order valence-corrected chi connectivity index (χ0v) is 26.6. The molecule has 6 N–H and O–H groups in total. The van der Waals surface area contributed by atoms with Gasteiger partial charge in [0.1, 0.15) is 28.5 Å². The van der Waals surface area contributed by atoms with E-state index in [4.69, 9.17) is 10.6 Å². The number of carbonyl (C=O) groups is 3. The summed E-state index contributed by atoms with van der Waals surface area (Å²) in [6.07, 6.45) is 0.773. The standard InChI is InChI=1S/C24H27N11O8S3/c1-32(2)3-4-33-24(28-30-31-33)46-9-11-8-44-21-17(20(39)35(21)18(11)22(40)41)27-19(38)16(13-10-45-23(25)26-13)29-43-7-12-5-14(36)15(37)6-34(12)42/h5-6,10,17,21,37,42H,3-4,7-9H2,1-2H3,(H2,25,26)(H,27,38)(H,40,41)/b29-16-/t17-,21-/m1/s1. The van der Waals surface area contributed by atoms with Gasteiger partial charge in [0, 0.05) is 29.5 Å². The number of hydrogen-bond acceptors (Lipinski definition) is 17. The summed E-state index contributed by atoms with van der Waals surface area (Å²) in [5, 5.41) is 48.8. The Hall–Kier alpha value is -4.67. The van der Waals surface area contributed by atoms with Crippen LogP contribution in [-0.4, -0.2) is 122 Å². The summed E-state index contributed by atoms with van der Waals surface area (Å²) in [5.74, 6) is -2.95. The molecule has 2 atom stereocenters. The smallest absolute Gasteiger partial charge is 0.352 e. The number of anilines is 1. The number of aromatic nitrogens is 6. The number of β-lactam (4-membered cyclic amide) rings is 1. The third kappa shape index (κ3) is 6.93. The number of nitrogens with two attached hydrogens (primary N) is 1. The number of nitrogen functional groups attached to an aromatic ring is 1. The molecule has 3 aromatic heterocycles. The summed E-state index contributed by atoms with van der Waals surface area (Å²) in [5.41, 5.74) is 4.89. The molecule has 2 aliphatic heterocycles. The van der Waals surface area contributed by atoms with E-state index in [2.05, 4.69) is 31.0 Å². The van der Waals surface area contributed by atoms with Crippen LogP contribution in [-0.2, 0) is 32.4 Å². The average molecular weight is 694 g/mol. The van der Waals surface area contributed by atoms with Crippen LogP contribution in [0.3, 0.4) is 0 Å². The van der Waals surface area contributed by atoms with Gasteiger partial charge in [-0.25, -0.2) is 14.5 Å². The summed E-state index contributed by atoms with van der Waals surface area (Å²) in [6, 6.07) is -0.166. The normalized spacial score (nSPS) is 18.0. The minimum Gasteiger partial charge on any atom is -0.503 e. The van der Waals surface area contributed by atoms with Crippen LogP contribution in [0.15, 0.2) is 44.0 Å². The molecule has 5 rings (SSSR count). The molecule has 2 aliphatic rings. The highest BCUT2D eigenvalue weighted by Gasteiger charge is 2.54. The number of hydrogen-bond donors (Lipinski definition) is 5. The van der Waals surface area contributed by atoms with E-state index < -0.39 is 47.0 Å². The zero-order chi connectivity index (χ0) is 33.1. The quantitative estimate of drug-likeness (QED) is 0.0465. The lowest BCUT2D eigenvalue weighted by Gasteiger charge is -2.49. The molecule has 2 amide bonds. The van der Waals surface area contributed by atoms with Crippen molar-refractivity contribution in [1.82, 2.24) is 45.0 Å². The molecule has 244 valence electrons. The maximum Gasteiger partial charge on any atom is 0.352 e. The highest BCUT2D eigenvalue weighted by Crippen LogP contribution is 2.41. The molecule has 0 saturated carbocycles. The van der Waals surface area contributed by atoms with E-state index in [1.807, 2.05) is 19.0 Å². The fourth-order valence-electron chi connectivity index (χ4n) is 4.32. The van der Waals surface area contributed by atoms with Gasteiger partial charge < -0.3 is 36.2 Å². The summed E-state index contributed by atoms with van der Waals surface area (Å²) < 4.78 is 2.08. The Morgan fingerprint density at radius 2 is 2.11 bits per heavy atom. The molecule has 19 nitrogen and oxygen atoms in total. The number of aliphatic carboxylic acids is 1. The second-order valence-electron chi connectivity index (χ2n) is 10.0. The van der Waals surface area contributed by atoms with Crippen molar-refractivity contribution < 1.29 is 34.6 Å². The number of likely N-dealkylation sites (N-methyl/N-ethyl adjacent to an activating group) is 1. The van der Waals surface area contributed by atoms with E-state index in [9.17, 15) is 34.6 Å². The SMILES string of the molecule is CN(C)CCn1nnnc1SCC1=C(C(=O)O)N2C(=O)[C@@H](NC(=O)/C(=N\OCc3cc(=O)c(O)cn3O)c3csc(N)n3)[C@H]2SC1. The molecular weight excluding hydrogens is 667 g/mol. The van der Waals surface area contributed by atoms with E-state index in [0.29, 0.717) is 28.5 Å². The molecule has 0 bridgehead atoms. The molecular formula is C24H27N11O8S3. The third-order valence-electron chi connectivity index (χ3n) is 6.61. The molecule has 22 heteroatoms. The van der Waals surface area contributed by atoms with Crippen LogP contribution in [0.2, 0.25) is 0 Å². The minimum atomic E-state index is -1.28. The Morgan fingerprint density at radius 1 is 1.33 bits per heavy atom. The van der Waals surface area contributed by atoms with Gasteiger partial charge >= 0.3 is 5.97 Å². The highest BCUT2D eigenvalue weighted by atomic mass is 32.2. The number of nitrogens with zero attached hydrogens (tertiary/aromatic N) is 9. The Kier molecular flexibility index (Phi) is 9.79. The number of amides is 2. The molecule has 3 aromatic rings. The maximum atomic E-state index is 13.4. The first-order valence-corrected chi connectivity index (χ1v) is 16.2. The summed E-state index contributed by atoms with van der Waals surface area (Å²) in [4.78, 5) is 63.0. The van der Waals surface area contributed by atoms with Gasteiger partial charge in [0.25, 0.3) is 11.8 Å². The monoisotopic (exact) mass is 693 g/mol. The molecule has 1 saturated heterocycles. The van der Waals surface area contributed by atoms with E-state index in [0.717, 1.165) is 28.5 Å². The van der Waals surface area contributed by atoms with E-state index in [1.165, 1.54) is 28.9 Å². The maximum absolute atomic E-state index is 13.4. The second-order valence-corrected chi connectivity index (χ2v) is 13.0. The lowest BCUT2D eigenvalue weighted by Crippen LogP contribution is -2.71. The Balaban J connectivity index is 1.29. The van der Waals surface area contributed by atoms with Gasteiger partial charge in [-0.1, -0.05) is 16.9 Å². The topological polar surface area (TPSA) is 257 Å². The number of thiazole rings is 1. The fraction of sp³-hybridized carbons (Fsp3) is 0.375. The van der Waals surface area contributed by atoms with Gasteiger partial charge in [-0.15, -0.1) is 28.2 Å². The van der Waals surface area contributed by atoms with Gasteiger partial charge in [-0.05, 0) is 30.1 Å². The lowest BCUT2D eigenvalue weighted by atomic mass is 10.0. The number of thioether (sulfide) groups is 2. The number of fused-ring (bicyclic) bond motifs is 1. The fourth-order valence-corrected chi connectivity index (χ4v) is 7.25. The number of aromatic hydroxyl groups is 1. The van der Waals surface area contributed by atoms with Crippen LogP contribution in [0.4, 0.5) is 5.13 Å². The van der Waals surface area contributed by atoms with Crippen LogP contribution in [0.25, 0.3) is 0 Å². The van der Waals surface area contributed by atoms with Crippen molar-refractivity contribution in [2.45, 2.75) is 29.7 Å². The molecule has 0 unspecified atom stereocenters. The molecule has 0 radical (unpaired) electrons. The summed E-state index contributed by atoms with van der Waals surface area (Å²) in [7, 11) is 3.84. The lowest BCUT2D eigenvalue weighted by molar-refractivity contribution is -0.150. The van der Waals surface area contributed by atoms with Crippen molar-refractivity contribution in [1.29, 1.82) is 0 Å². The summed E-state index contributed by atoms with van der Waals surface area (Å²) >= 11 is 3.57. The molecule has 1 fully saturated rings. The minimum absolute atomic E-state index is 0.0328. The Bertz CT molecular complexity index is 1790. The van der Waals surface area contributed by atoms with Crippen LogP contribution in [0, 0.1) is 0 Å². The number of rotatable bonds is 13. The number of pyridine rings is 1. The van der Waals surface area contributed by atoms with Gasteiger partial charge in [0.15, 0.2) is 23.2 Å². The van der Waals surface area contributed by atoms with Crippen molar-refractivity contribution in [2.24, 2.45) is 5.16 Å². The molecule has 0 aromatic carbocycles. The molecule has 46 heavy (non-hydrogen) atoms. The predicted octanol–water partition coefficient (Wildman–Crippen LogP) is -1.17. The van der Waals surface area contributed by atoms with Crippen molar-refractivity contribution in [2.75, 3.05) is 37.9 Å². The summed E-state index contributed by atoms with van der Waals surface area (Å²) in [6.45, 7) is 0.762. The number of carbonyl (C=O) groups excluding carboxylic acids is 2. The molecule has 0 aliphatic carbocycles.